The van der Waals surface area contributed by atoms with Gasteiger partial charge in [0.05, 0.1) is 10.9 Å². The molecular formula is C11H9ClF3N3O2. The third-order valence-corrected chi connectivity index (χ3v) is 2.82. The fourth-order valence-corrected chi connectivity index (χ4v) is 1.56. The number of rotatable bonds is 3. The Morgan fingerprint density at radius 1 is 1.35 bits per heavy atom. The average Bonchev–Trinajstić information content (AvgIpc) is 2.86. The van der Waals surface area contributed by atoms with Crippen molar-refractivity contribution in [1.29, 1.82) is 0 Å². The lowest BCUT2D eigenvalue weighted by Gasteiger charge is -2.17. The highest BCUT2D eigenvalue weighted by molar-refractivity contribution is 6.30. The summed E-state index contributed by atoms with van der Waals surface area (Å²) in [6.07, 6.45) is -5.98. The molecule has 0 saturated heterocycles. The van der Waals surface area contributed by atoms with Gasteiger partial charge in [0.25, 0.3) is 0 Å². The number of alkyl halides is 3. The van der Waals surface area contributed by atoms with E-state index in [-0.39, 0.29) is 11.7 Å². The number of aromatic nitrogens is 3. The van der Waals surface area contributed by atoms with Crippen LogP contribution in [0.3, 0.4) is 0 Å². The Morgan fingerprint density at radius 2 is 2.05 bits per heavy atom. The van der Waals surface area contributed by atoms with Gasteiger partial charge in [0.1, 0.15) is 5.69 Å². The molecule has 0 radical (unpaired) electrons. The van der Waals surface area contributed by atoms with Gasteiger partial charge in [0, 0.05) is 6.20 Å². The van der Waals surface area contributed by atoms with Crippen molar-refractivity contribution < 1.29 is 22.8 Å². The zero-order valence-corrected chi connectivity index (χ0v) is 10.9. The van der Waals surface area contributed by atoms with E-state index in [0.29, 0.717) is 10.7 Å². The van der Waals surface area contributed by atoms with Crippen molar-refractivity contribution in [1.82, 2.24) is 15.1 Å². The summed E-state index contributed by atoms with van der Waals surface area (Å²) in [4.78, 5) is 7.71. The maximum atomic E-state index is 12.4. The summed E-state index contributed by atoms with van der Waals surface area (Å²) < 4.78 is 41.9. The Balaban J connectivity index is 2.23. The Bertz CT molecular complexity index is 585. The molecule has 2 aromatic rings. The minimum absolute atomic E-state index is 0.0258. The van der Waals surface area contributed by atoms with Gasteiger partial charge in [-0.1, -0.05) is 23.7 Å². The zero-order chi connectivity index (χ0) is 14.9. The van der Waals surface area contributed by atoms with Crippen LogP contribution in [0.2, 0.25) is 5.02 Å². The second-order valence-corrected chi connectivity index (χ2v) is 4.53. The van der Waals surface area contributed by atoms with Gasteiger partial charge in [-0.2, -0.15) is 18.2 Å². The molecule has 2 aromatic heterocycles. The third kappa shape index (κ3) is 3.07. The number of hydrogen-bond donors (Lipinski definition) is 1. The molecule has 2 unspecified atom stereocenters. The summed E-state index contributed by atoms with van der Waals surface area (Å²) in [5, 5.41) is 13.1. The minimum Gasteiger partial charge on any atom is -0.383 e. The first-order valence-corrected chi connectivity index (χ1v) is 5.87. The summed E-state index contributed by atoms with van der Waals surface area (Å²) in [7, 11) is 0. The maximum absolute atomic E-state index is 12.4. The SMILES string of the molecule is CC(c1nc(-c2ccc(Cl)cn2)no1)C(O)C(F)(F)F. The molecule has 0 spiro atoms. The molecule has 0 amide bonds. The number of halogens is 4. The summed E-state index contributed by atoms with van der Waals surface area (Å²) in [5.41, 5.74) is 0.304. The number of aliphatic hydroxyl groups is 1. The summed E-state index contributed by atoms with van der Waals surface area (Å²) in [5.74, 6) is -1.66. The van der Waals surface area contributed by atoms with Crippen LogP contribution in [0.15, 0.2) is 22.9 Å². The standard InChI is InChI=1S/C11H9ClF3N3O2/c1-5(8(19)11(13,14)15)10-17-9(18-20-10)7-3-2-6(12)4-16-7/h2-5,8,19H,1H3. The van der Waals surface area contributed by atoms with Crippen LogP contribution in [-0.2, 0) is 0 Å². The zero-order valence-electron chi connectivity index (χ0n) is 10.1. The highest BCUT2D eigenvalue weighted by Gasteiger charge is 2.44. The van der Waals surface area contributed by atoms with Crippen molar-refractivity contribution >= 4 is 11.6 Å². The Hall–Kier alpha value is -1.67. The molecule has 0 bridgehead atoms. The molecular weight excluding hydrogens is 299 g/mol. The van der Waals surface area contributed by atoms with Crippen LogP contribution >= 0.6 is 11.6 Å². The van der Waals surface area contributed by atoms with Crippen LogP contribution in [-0.4, -0.2) is 32.5 Å². The van der Waals surface area contributed by atoms with E-state index in [0.717, 1.165) is 6.92 Å². The first kappa shape index (κ1) is 14.7. The molecule has 1 N–H and O–H groups in total. The monoisotopic (exact) mass is 307 g/mol. The van der Waals surface area contributed by atoms with E-state index >= 15 is 0 Å². The van der Waals surface area contributed by atoms with E-state index < -0.39 is 18.2 Å². The number of nitrogens with zero attached hydrogens (tertiary/aromatic N) is 3. The summed E-state index contributed by atoms with van der Waals surface area (Å²) in [6, 6.07) is 3.04. The normalized spacial score (nSPS) is 15.1. The Morgan fingerprint density at radius 3 is 2.60 bits per heavy atom. The van der Waals surface area contributed by atoms with E-state index in [1.807, 2.05) is 0 Å². The molecule has 108 valence electrons. The predicted octanol–water partition coefficient (Wildman–Crippen LogP) is 2.81. The van der Waals surface area contributed by atoms with Gasteiger partial charge in [-0.15, -0.1) is 0 Å². The summed E-state index contributed by atoms with van der Waals surface area (Å²) >= 11 is 5.66. The topological polar surface area (TPSA) is 72.0 Å². The van der Waals surface area contributed by atoms with Crippen LogP contribution in [0.4, 0.5) is 13.2 Å². The van der Waals surface area contributed by atoms with Crippen molar-refractivity contribution in [2.45, 2.75) is 25.1 Å². The molecule has 9 heteroatoms. The van der Waals surface area contributed by atoms with Crippen molar-refractivity contribution in [2.24, 2.45) is 0 Å². The van der Waals surface area contributed by atoms with Gasteiger partial charge in [-0.3, -0.25) is 4.98 Å². The molecule has 2 heterocycles. The third-order valence-electron chi connectivity index (χ3n) is 2.60. The lowest BCUT2D eigenvalue weighted by atomic mass is 10.0. The molecule has 2 rings (SSSR count). The lowest BCUT2D eigenvalue weighted by molar-refractivity contribution is -0.210. The number of aliphatic hydroxyl groups excluding tert-OH is 1. The Kier molecular flexibility index (Phi) is 3.96. The van der Waals surface area contributed by atoms with Gasteiger partial charge in [-0.25, -0.2) is 0 Å². The van der Waals surface area contributed by atoms with Crippen LogP contribution in [0.25, 0.3) is 11.5 Å². The highest BCUT2D eigenvalue weighted by Crippen LogP contribution is 2.31. The molecule has 0 aliphatic carbocycles. The molecule has 0 saturated carbocycles. The average molecular weight is 308 g/mol. The highest BCUT2D eigenvalue weighted by atomic mass is 35.5. The molecule has 0 fully saturated rings. The minimum atomic E-state index is -4.76. The van der Waals surface area contributed by atoms with Crippen molar-refractivity contribution in [3.05, 3.63) is 29.2 Å². The Labute approximate surface area is 116 Å². The molecule has 20 heavy (non-hydrogen) atoms. The van der Waals surface area contributed by atoms with Crippen molar-refractivity contribution in [3.8, 4) is 11.5 Å². The van der Waals surface area contributed by atoms with Gasteiger partial charge >= 0.3 is 6.18 Å². The van der Waals surface area contributed by atoms with Crippen molar-refractivity contribution in [3.63, 3.8) is 0 Å². The molecule has 5 nitrogen and oxygen atoms in total. The fraction of sp³-hybridized carbons (Fsp3) is 0.364. The second-order valence-electron chi connectivity index (χ2n) is 4.09. The van der Waals surface area contributed by atoms with E-state index in [2.05, 4.69) is 15.1 Å². The molecule has 0 aliphatic heterocycles. The largest absolute Gasteiger partial charge is 0.415 e. The quantitative estimate of drug-likeness (QED) is 0.944. The van der Waals surface area contributed by atoms with Crippen LogP contribution in [0, 0.1) is 0 Å². The van der Waals surface area contributed by atoms with E-state index in [1.165, 1.54) is 18.3 Å². The van der Waals surface area contributed by atoms with Crippen LogP contribution in [0.5, 0.6) is 0 Å². The smallest absolute Gasteiger partial charge is 0.383 e. The van der Waals surface area contributed by atoms with Crippen LogP contribution in [0.1, 0.15) is 18.7 Å². The molecule has 2 atom stereocenters. The van der Waals surface area contributed by atoms with E-state index in [9.17, 15) is 13.2 Å². The fourth-order valence-electron chi connectivity index (χ4n) is 1.45. The van der Waals surface area contributed by atoms with Gasteiger partial charge < -0.3 is 9.63 Å². The van der Waals surface area contributed by atoms with Crippen LogP contribution < -0.4 is 0 Å². The van der Waals surface area contributed by atoms with Gasteiger partial charge in [0.2, 0.25) is 11.7 Å². The number of hydrogen-bond acceptors (Lipinski definition) is 5. The summed E-state index contributed by atoms with van der Waals surface area (Å²) in [6.45, 7) is 1.14. The van der Waals surface area contributed by atoms with Gasteiger partial charge in [0.15, 0.2) is 6.10 Å². The molecule has 0 aliphatic rings. The lowest BCUT2D eigenvalue weighted by Crippen LogP contribution is -2.33. The van der Waals surface area contributed by atoms with E-state index in [4.69, 9.17) is 21.2 Å². The predicted molar refractivity (Wildman–Crippen MR) is 63.0 cm³/mol. The first-order chi connectivity index (χ1) is 9.29. The number of pyridine rings is 1. The van der Waals surface area contributed by atoms with E-state index in [1.54, 1.807) is 0 Å². The maximum Gasteiger partial charge on any atom is 0.415 e. The second kappa shape index (κ2) is 5.37. The van der Waals surface area contributed by atoms with Gasteiger partial charge in [-0.05, 0) is 12.1 Å². The van der Waals surface area contributed by atoms with Crippen molar-refractivity contribution in [2.75, 3.05) is 0 Å². The first-order valence-electron chi connectivity index (χ1n) is 5.49. The molecule has 0 aromatic carbocycles.